The molecule has 0 spiro atoms. The van der Waals surface area contributed by atoms with E-state index in [0.29, 0.717) is 45.1 Å². The molecule has 0 N–H and O–H groups in total. The topological polar surface area (TPSA) is 73.8 Å². The first kappa shape index (κ1) is 19.9. The van der Waals surface area contributed by atoms with Crippen LogP contribution in [0.15, 0.2) is 24.4 Å². The molecule has 1 unspecified atom stereocenters. The van der Waals surface area contributed by atoms with Crippen LogP contribution in [0.3, 0.4) is 0 Å². The number of pyridine rings is 1. The number of rotatable bonds is 4. The van der Waals surface area contributed by atoms with Crippen molar-refractivity contribution in [2.75, 3.05) is 26.2 Å². The Labute approximate surface area is 172 Å². The standard InChI is InChI=1S/C22H30N4O3/c27-20-10-9-17(14-25(20)15-18-6-4-5-11-23-18)22(29)24-12-13-26(21(28)16-24)19-7-2-1-3-8-19/h4-6,11,17,19H,1-3,7-10,12-16H2. The number of hydrogen-bond donors (Lipinski definition) is 0. The van der Waals surface area contributed by atoms with Crippen LogP contribution in [-0.2, 0) is 20.9 Å². The molecule has 7 heteroatoms. The summed E-state index contributed by atoms with van der Waals surface area (Å²) in [4.78, 5) is 47.9. The third-order valence-electron chi connectivity index (χ3n) is 6.51. The van der Waals surface area contributed by atoms with E-state index in [0.717, 1.165) is 18.5 Å². The van der Waals surface area contributed by atoms with Gasteiger partial charge in [0.15, 0.2) is 0 Å². The zero-order chi connectivity index (χ0) is 20.2. The maximum atomic E-state index is 13.1. The number of hydrogen-bond acceptors (Lipinski definition) is 4. The zero-order valence-corrected chi connectivity index (χ0v) is 17.0. The van der Waals surface area contributed by atoms with Crippen molar-refractivity contribution in [2.24, 2.45) is 5.92 Å². The number of carbonyl (C=O) groups excluding carboxylic acids is 3. The van der Waals surface area contributed by atoms with Gasteiger partial charge in [0.1, 0.15) is 0 Å². The molecule has 1 saturated carbocycles. The normalized spacial score (nSPS) is 24.1. The molecule has 1 atom stereocenters. The number of amides is 3. The van der Waals surface area contributed by atoms with E-state index in [1.165, 1.54) is 19.3 Å². The van der Waals surface area contributed by atoms with Gasteiger partial charge in [0.2, 0.25) is 17.7 Å². The van der Waals surface area contributed by atoms with Crippen molar-refractivity contribution in [1.82, 2.24) is 19.7 Å². The molecule has 3 heterocycles. The molecule has 2 aliphatic heterocycles. The molecular formula is C22H30N4O3. The summed E-state index contributed by atoms with van der Waals surface area (Å²) in [5.41, 5.74) is 0.824. The molecule has 1 aromatic rings. The molecular weight excluding hydrogens is 368 g/mol. The Morgan fingerprint density at radius 3 is 2.59 bits per heavy atom. The van der Waals surface area contributed by atoms with Crippen molar-refractivity contribution in [3.63, 3.8) is 0 Å². The minimum Gasteiger partial charge on any atom is -0.336 e. The van der Waals surface area contributed by atoms with Gasteiger partial charge in [0.05, 0.1) is 24.7 Å². The van der Waals surface area contributed by atoms with Gasteiger partial charge in [-0.1, -0.05) is 25.3 Å². The van der Waals surface area contributed by atoms with Crippen LogP contribution in [0.5, 0.6) is 0 Å². The summed E-state index contributed by atoms with van der Waals surface area (Å²) in [6, 6.07) is 5.99. The van der Waals surface area contributed by atoms with E-state index in [4.69, 9.17) is 0 Å². The molecule has 3 fully saturated rings. The molecule has 3 aliphatic rings. The third-order valence-corrected chi connectivity index (χ3v) is 6.51. The molecule has 1 aliphatic carbocycles. The summed E-state index contributed by atoms with van der Waals surface area (Å²) >= 11 is 0. The van der Waals surface area contributed by atoms with Crippen LogP contribution >= 0.6 is 0 Å². The van der Waals surface area contributed by atoms with Crippen molar-refractivity contribution in [3.05, 3.63) is 30.1 Å². The summed E-state index contributed by atoms with van der Waals surface area (Å²) in [7, 11) is 0. The van der Waals surface area contributed by atoms with Crippen LogP contribution in [0.25, 0.3) is 0 Å². The maximum absolute atomic E-state index is 13.1. The first-order valence-corrected chi connectivity index (χ1v) is 10.9. The lowest BCUT2D eigenvalue weighted by molar-refractivity contribution is -0.152. The van der Waals surface area contributed by atoms with Gasteiger partial charge >= 0.3 is 0 Å². The van der Waals surface area contributed by atoms with Crippen molar-refractivity contribution in [2.45, 2.75) is 57.5 Å². The highest BCUT2D eigenvalue weighted by Gasteiger charge is 2.37. The number of likely N-dealkylation sites (tertiary alicyclic amines) is 1. The molecule has 0 aromatic carbocycles. The van der Waals surface area contributed by atoms with Gasteiger partial charge in [0.25, 0.3) is 0 Å². The largest absolute Gasteiger partial charge is 0.336 e. The molecule has 29 heavy (non-hydrogen) atoms. The second-order valence-electron chi connectivity index (χ2n) is 8.47. The fraction of sp³-hybridized carbons (Fsp3) is 0.636. The average Bonchev–Trinajstić information content (AvgIpc) is 2.76. The van der Waals surface area contributed by atoms with Gasteiger partial charge in [0, 0.05) is 38.3 Å². The minimum atomic E-state index is -0.231. The van der Waals surface area contributed by atoms with Crippen LogP contribution in [-0.4, -0.2) is 69.6 Å². The first-order valence-electron chi connectivity index (χ1n) is 10.9. The lowest BCUT2D eigenvalue weighted by Gasteiger charge is -2.42. The molecule has 4 rings (SSSR count). The van der Waals surface area contributed by atoms with Gasteiger partial charge in [-0.25, -0.2) is 0 Å². The van der Waals surface area contributed by atoms with E-state index >= 15 is 0 Å². The second-order valence-corrected chi connectivity index (χ2v) is 8.47. The third kappa shape index (κ3) is 4.60. The number of carbonyl (C=O) groups is 3. The Bertz CT molecular complexity index is 748. The Morgan fingerprint density at radius 1 is 1.03 bits per heavy atom. The summed E-state index contributed by atoms with van der Waals surface area (Å²) in [6.45, 7) is 2.26. The van der Waals surface area contributed by atoms with Gasteiger partial charge in [-0.15, -0.1) is 0 Å². The molecule has 156 valence electrons. The maximum Gasteiger partial charge on any atom is 0.242 e. The van der Waals surface area contributed by atoms with E-state index in [9.17, 15) is 14.4 Å². The summed E-state index contributed by atoms with van der Waals surface area (Å²) in [6.07, 6.45) is 8.48. The molecule has 7 nitrogen and oxygen atoms in total. The van der Waals surface area contributed by atoms with E-state index in [2.05, 4.69) is 4.98 Å². The summed E-state index contributed by atoms with van der Waals surface area (Å²) < 4.78 is 0. The Balaban J connectivity index is 1.34. The molecule has 0 radical (unpaired) electrons. The Kier molecular flexibility index (Phi) is 6.11. The lowest BCUT2D eigenvalue weighted by Crippen LogP contribution is -2.57. The second kappa shape index (κ2) is 8.93. The number of piperidine rings is 1. The highest BCUT2D eigenvalue weighted by Crippen LogP contribution is 2.26. The van der Waals surface area contributed by atoms with Crippen molar-refractivity contribution >= 4 is 17.7 Å². The predicted molar refractivity (Wildman–Crippen MR) is 108 cm³/mol. The van der Waals surface area contributed by atoms with E-state index in [1.807, 2.05) is 23.1 Å². The molecule has 1 aromatic heterocycles. The van der Waals surface area contributed by atoms with Crippen LogP contribution in [0, 0.1) is 5.92 Å². The average molecular weight is 399 g/mol. The van der Waals surface area contributed by atoms with E-state index in [1.54, 1.807) is 16.0 Å². The van der Waals surface area contributed by atoms with Crippen molar-refractivity contribution < 1.29 is 14.4 Å². The Hall–Kier alpha value is -2.44. The SMILES string of the molecule is O=C1CCC(C(=O)N2CCN(C3CCCCC3)C(=O)C2)CN1Cc1ccccn1. The lowest BCUT2D eigenvalue weighted by atomic mass is 9.93. The number of aromatic nitrogens is 1. The van der Waals surface area contributed by atoms with E-state index < -0.39 is 0 Å². The molecule has 3 amide bonds. The minimum absolute atomic E-state index is 0.0140. The first-order chi connectivity index (χ1) is 14.1. The van der Waals surface area contributed by atoms with Crippen LogP contribution in [0.1, 0.15) is 50.6 Å². The highest BCUT2D eigenvalue weighted by molar-refractivity contribution is 5.88. The smallest absolute Gasteiger partial charge is 0.242 e. The van der Waals surface area contributed by atoms with Gasteiger partial charge in [-0.2, -0.15) is 0 Å². The fourth-order valence-corrected chi connectivity index (χ4v) is 4.87. The quantitative estimate of drug-likeness (QED) is 0.776. The van der Waals surface area contributed by atoms with Gasteiger partial charge in [-0.05, 0) is 31.4 Å². The van der Waals surface area contributed by atoms with Crippen molar-refractivity contribution in [3.8, 4) is 0 Å². The highest BCUT2D eigenvalue weighted by atomic mass is 16.2. The van der Waals surface area contributed by atoms with Crippen LogP contribution < -0.4 is 0 Å². The molecule has 0 bridgehead atoms. The van der Waals surface area contributed by atoms with E-state index in [-0.39, 0.29) is 30.2 Å². The van der Waals surface area contributed by atoms with Crippen molar-refractivity contribution in [1.29, 1.82) is 0 Å². The summed E-state index contributed by atoms with van der Waals surface area (Å²) in [5, 5.41) is 0. The van der Waals surface area contributed by atoms with Crippen LogP contribution in [0.4, 0.5) is 0 Å². The predicted octanol–water partition coefficient (Wildman–Crippen LogP) is 1.82. The zero-order valence-electron chi connectivity index (χ0n) is 17.0. The fourth-order valence-electron chi connectivity index (χ4n) is 4.87. The number of piperazine rings is 1. The Morgan fingerprint density at radius 2 is 1.86 bits per heavy atom. The number of nitrogens with zero attached hydrogens (tertiary/aromatic N) is 4. The van der Waals surface area contributed by atoms with Crippen LogP contribution in [0.2, 0.25) is 0 Å². The summed E-state index contributed by atoms with van der Waals surface area (Å²) in [5.74, 6) is -0.0720. The molecule has 2 saturated heterocycles. The van der Waals surface area contributed by atoms with Gasteiger partial charge in [-0.3, -0.25) is 19.4 Å². The van der Waals surface area contributed by atoms with Gasteiger partial charge < -0.3 is 14.7 Å². The monoisotopic (exact) mass is 398 g/mol.